The molecule has 3 rings (SSSR count). The van der Waals surface area contributed by atoms with E-state index in [9.17, 15) is 10.1 Å². The number of pyridine rings is 1. The van der Waals surface area contributed by atoms with E-state index < -0.39 is 4.92 Å². The number of aromatic nitrogens is 2. The summed E-state index contributed by atoms with van der Waals surface area (Å²) in [7, 11) is 1.53. The van der Waals surface area contributed by atoms with Crippen molar-refractivity contribution in [1.29, 1.82) is 0 Å². The van der Waals surface area contributed by atoms with Crippen molar-refractivity contribution in [2.45, 2.75) is 13.0 Å². The molecule has 104 valence electrons. The first kappa shape index (κ1) is 12.5. The van der Waals surface area contributed by atoms with Gasteiger partial charge in [-0.25, -0.2) is 4.98 Å². The lowest BCUT2D eigenvalue weighted by atomic mass is 10.2. The number of aryl methyl sites for hydroxylation is 1. The summed E-state index contributed by atoms with van der Waals surface area (Å²) in [6, 6.07) is 3.66. The highest BCUT2D eigenvalue weighted by molar-refractivity contribution is 5.90. The Morgan fingerprint density at radius 1 is 1.55 bits per heavy atom. The fraction of sp³-hybridized carbons (Fsp3) is 0.308. The number of methoxy groups -OCH3 is 1. The Morgan fingerprint density at radius 2 is 2.40 bits per heavy atom. The molecule has 0 saturated carbocycles. The van der Waals surface area contributed by atoms with Crippen molar-refractivity contribution in [3.8, 4) is 11.8 Å². The van der Waals surface area contributed by atoms with Crippen molar-refractivity contribution >= 4 is 17.1 Å². The number of hydrogen-bond donors (Lipinski definition) is 0. The molecule has 0 unspecified atom stereocenters. The van der Waals surface area contributed by atoms with Gasteiger partial charge in [0.05, 0.1) is 29.7 Å². The molecule has 2 aromatic rings. The fourth-order valence-electron chi connectivity index (χ4n) is 2.37. The summed E-state index contributed by atoms with van der Waals surface area (Å²) in [4.78, 5) is 14.4. The van der Waals surface area contributed by atoms with Crippen molar-refractivity contribution in [1.82, 2.24) is 9.55 Å². The zero-order chi connectivity index (χ0) is 14.1. The number of hydrogen-bond acceptors (Lipinski definition) is 5. The van der Waals surface area contributed by atoms with Crippen LogP contribution in [0.4, 0.5) is 0 Å². The number of ether oxygens (including phenoxy) is 2. The van der Waals surface area contributed by atoms with Crippen molar-refractivity contribution in [2.24, 2.45) is 0 Å². The van der Waals surface area contributed by atoms with Gasteiger partial charge in [0.15, 0.2) is 0 Å². The summed E-state index contributed by atoms with van der Waals surface area (Å²) in [5, 5.41) is 10.5. The number of nitrogens with zero attached hydrogens (tertiary/aromatic N) is 3. The molecule has 7 heteroatoms. The van der Waals surface area contributed by atoms with Gasteiger partial charge in [-0.15, -0.1) is 0 Å². The number of fused-ring (bicyclic) bond motifs is 3. The lowest BCUT2D eigenvalue weighted by Crippen LogP contribution is -2.13. The quantitative estimate of drug-likeness (QED) is 0.633. The largest absolute Gasteiger partial charge is 0.481 e. The predicted octanol–water partition coefficient (Wildman–Crippen LogP) is 2.07. The van der Waals surface area contributed by atoms with E-state index in [1.165, 1.54) is 13.2 Å². The van der Waals surface area contributed by atoms with Gasteiger partial charge in [0, 0.05) is 18.7 Å². The Morgan fingerprint density at radius 3 is 3.15 bits per heavy atom. The lowest BCUT2D eigenvalue weighted by Gasteiger charge is -2.17. The average molecular weight is 275 g/mol. The minimum absolute atomic E-state index is 0.469. The van der Waals surface area contributed by atoms with Gasteiger partial charge in [0.25, 0.3) is 0 Å². The van der Waals surface area contributed by atoms with Gasteiger partial charge >= 0.3 is 0 Å². The third-order valence-electron chi connectivity index (χ3n) is 3.21. The van der Waals surface area contributed by atoms with Crippen LogP contribution in [0.3, 0.4) is 0 Å². The Kier molecular flexibility index (Phi) is 3.02. The van der Waals surface area contributed by atoms with E-state index in [1.807, 2.05) is 10.6 Å². The number of rotatable bonds is 3. The Hall–Kier alpha value is -2.57. The Balaban J connectivity index is 2.25. The van der Waals surface area contributed by atoms with Crippen molar-refractivity contribution in [3.05, 3.63) is 34.0 Å². The van der Waals surface area contributed by atoms with Crippen molar-refractivity contribution in [2.75, 3.05) is 13.7 Å². The highest BCUT2D eigenvalue weighted by atomic mass is 16.6. The van der Waals surface area contributed by atoms with Crippen LogP contribution < -0.4 is 9.47 Å². The van der Waals surface area contributed by atoms with Crippen LogP contribution in [0.15, 0.2) is 18.3 Å². The molecular weight excluding hydrogens is 262 g/mol. The summed E-state index contributed by atoms with van der Waals surface area (Å²) in [6.07, 6.45) is 3.22. The molecule has 1 aliphatic rings. The van der Waals surface area contributed by atoms with E-state index in [-0.39, 0.29) is 0 Å². The van der Waals surface area contributed by atoms with Gasteiger partial charge in [-0.1, -0.05) is 0 Å². The minimum Gasteiger partial charge on any atom is -0.481 e. The summed E-state index contributed by atoms with van der Waals surface area (Å²) in [5.74, 6) is 1.10. The van der Waals surface area contributed by atoms with Crippen LogP contribution in [0.2, 0.25) is 0 Å². The second-order valence-corrected chi connectivity index (χ2v) is 4.39. The topological polar surface area (TPSA) is 79.4 Å². The van der Waals surface area contributed by atoms with Crippen LogP contribution in [0.5, 0.6) is 11.8 Å². The maximum absolute atomic E-state index is 10.5. The normalized spacial score (nSPS) is 14.2. The van der Waals surface area contributed by atoms with Crippen LogP contribution in [-0.4, -0.2) is 28.2 Å². The van der Waals surface area contributed by atoms with Crippen LogP contribution in [0, 0.1) is 10.1 Å². The van der Waals surface area contributed by atoms with Gasteiger partial charge in [0.2, 0.25) is 18.0 Å². The Labute approximate surface area is 114 Å². The van der Waals surface area contributed by atoms with E-state index in [0.29, 0.717) is 29.4 Å². The standard InChI is InChI=1S/C13H13N3O4/c1-19-11-4-3-10-12(14-11)9(5-7-16(17)18)13-15(10)6-2-8-20-13/h3-5,7H,2,6,8H2,1H3/b7-5+. The second kappa shape index (κ2) is 4.84. The first-order valence-corrected chi connectivity index (χ1v) is 6.22. The molecule has 0 aromatic carbocycles. The number of nitro groups is 1. The summed E-state index contributed by atoms with van der Waals surface area (Å²) in [5.41, 5.74) is 2.16. The van der Waals surface area contributed by atoms with Crippen LogP contribution in [0.1, 0.15) is 12.0 Å². The molecule has 0 amide bonds. The maximum Gasteiger partial charge on any atom is 0.235 e. The molecule has 20 heavy (non-hydrogen) atoms. The molecular formula is C13H13N3O4. The lowest BCUT2D eigenvalue weighted by molar-refractivity contribution is -0.400. The van der Waals surface area contributed by atoms with Crippen molar-refractivity contribution < 1.29 is 14.4 Å². The molecule has 0 fully saturated rings. The molecule has 3 heterocycles. The molecule has 0 N–H and O–H groups in total. The highest BCUT2D eigenvalue weighted by Crippen LogP contribution is 2.35. The van der Waals surface area contributed by atoms with E-state index >= 15 is 0 Å². The zero-order valence-corrected chi connectivity index (χ0v) is 10.9. The smallest absolute Gasteiger partial charge is 0.235 e. The van der Waals surface area contributed by atoms with Gasteiger partial charge < -0.3 is 14.0 Å². The monoisotopic (exact) mass is 275 g/mol. The molecule has 1 aliphatic heterocycles. The summed E-state index contributed by atoms with van der Waals surface area (Å²) in [6.45, 7) is 1.42. The summed E-state index contributed by atoms with van der Waals surface area (Å²) < 4.78 is 12.8. The van der Waals surface area contributed by atoms with E-state index in [1.54, 1.807) is 6.07 Å². The molecule has 0 radical (unpaired) electrons. The fourth-order valence-corrected chi connectivity index (χ4v) is 2.37. The molecule has 7 nitrogen and oxygen atoms in total. The van der Waals surface area contributed by atoms with Gasteiger partial charge in [-0.05, 0) is 12.5 Å². The first-order chi connectivity index (χ1) is 9.70. The average Bonchev–Trinajstić information content (AvgIpc) is 2.78. The van der Waals surface area contributed by atoms with Gasteiger partial charge in [0.1, 0.15) is 5.52 Å². The maximum atomic E-state index is 10.5. The van der Waals surface area contributed by atoms with Gasteiger partial charge in [-0.2, -0.15) is 0 Å². The van der Waals surface area contributed by atoms with Crippen molar-refractivity contribution in [3.63, 3.8) is 0 Å². The Bertz CT molecular complexity index is 705. The van der Waals surface area contributed by atoms with Gasteiger partial charge in [-0.3, -0.25) is 10.1 Å². The molecule has 0 atom stereocenters. The SMILES string of the molecule is COc1ccc2c(n1)c(/C=C/[N+](=O)[O-])c1n2CCCO1. The first-order valence-electron chi connectivity index (χ1n) is 6.22. The second-order valence-electron chi connectivity index (χ2n) is 4.39. The molecule has 0 bridgehead atoms. The van der Waals surface area contributed by atoms with Crippen LogP contribution in [-0.2, 0) is 6.54 Å². The minimum atomic E-state index is -0.501. The van der Waals surface area contributed by atoms with E-state index in [0.717, 1.165) is 24.7 Å². The van der Waals surface area contributed by atoms with E-state index in [4.69, 9.17) is 9.47 Å². The zero-order valence-electron chi connectivity index (χ0n) is 10.9. The third-order valence-corrected chi connectivity index (χ3v) is 3.21. The molecule has 0 spiro atoms. The molecule has 2 aromatic heterocycles. The van der Waals surface area contributed by atoms with Crippen LogP contribution in [0.25, 0.3) is 17.1 Å². The predicted molar refractivity (Wildman–Crippen MR) is 72.4 cm³/mol. The summed E-state index contributed by atoms with van der Waals surface area (Å²) >= 11 is 0. The van der Waals surface area contributed by atoms with E-state index in [2.05, 4.69) is 4.98 Å². The highest BCUT2D eigenvalue weighted by Gasteiger charge is 2.21. The third kappa shape index (κ3) is 1.97. The van der Waals surface area contributed by atoms with Crippen LogP contribution >= 0.6 is 0 Å². The molecule has 0 aliphatic carbocycles. The molecule has 0 saturated heterocycles.